The van der Waals surface area contributed by atoms with E-state index >= 15 is 0 Å². The lowest BCUT2D eigenvalue weighted by Gasteiger charge is -2.32. The summed E-state index contributed by atoms with van der Waals surface area (Å²) in [4.78, 5) is 25.9. The summed E-state index contributed by atoms with van der Waals surface area (Å²) in [6.07, 6.45) is -0.531. The van der Waals surface area contributed by atoms with Crippen LogP contribution < -0.4 is 5.32 Å². The maximum Gasteiger partial charge on any atom is 0.336 e. The molecule has 0 saturated heterocycles. The number of ether oxygens (including phenoxy) is 5. The second kappa shape index (κ2) is 13.3. The first kappa shape index (κ1) is 26.9. The third-order valence-electron chi connectivity index (χ3n) is 4.97. The monoisotopic (exact) mass is 481 g/mol. The van der Waals surface area contributed by atoms with Gasteiger partial charge in [0.2, 0.25) is 0 Å². The first-order chi connectivity index (χ1) is 15.9. The molecule has 1 N–H and O–H groups in total. The topological polar surface area (TPSA) is 92.3 Å². The number of halogens is 1. The molecule has 0 aliphatic carbocycles. The van der Waals surface area contributed by atoms with Gasteiger partial charge in [-0.2, -0.15) is 0 Å². The van der Waals surface area contributed by atoms with Crippen LogP contribution >= 0.6 is 11.6 Å². The molecule has 0 bridgehead atoms. The summed E-state index contributed by atoms with van der Waals surface area (Å²) in [7, 11) is 1.29. The number of allylic oxidation sites excluding steroid dienone is 1. The van der Waals surface area contributed by atoms with Crippen LogP contribution in [0.5, 0.6) is 0 Å². The Bertz CT molecular complexity index is 891. The molecule has 0 fully saturated rings. The molecule has 1 aromatic carbocycles. The van der Waals surface area contributed by atoms with E-state index in [1.54, 1.807) is 38.1 Å². The van der Waals surface area contributed by atoms with E-state index < -0.39 is 24.1 Å². The predicted octanol–water partition coefficient (Wildman–Crippen LogP) is 3.71. The van der Waals surface area contributed by atoms with Crippen molar-refractivity contribution in [3.63, 3.8) is 0 Å². The van der Waals surface area contributed by atoms with Crippen molar-refractivity contribution in [3.8, 4) is 0 Å². The van der Waals surface area contributed by atoms with Crippen molar-refractivity contribution in [2.45, 2.75) is 39.9 Å². The Balaban J connectivity index is 2.51. The lowest BCUT2D eigenvalue weighted by atomic mass is 9.80. The number of hydrogen-bond donors (Lipinski definition) is 1. The number of hydrogen-bond acceptors (Lipinski definition) is 8. The highest BCUT2D eigenvalue weighted by Gasteiger charge is 2.39. The van der Waals surface area contributed by atoms with Crippen LogP contribution in [0.4, 0.5) is 0 Å². The number of rotatable bonds is 12. The molecule has 2 rings (SSSR count). The zero-order chi connectivity index (χ0) is 24.4. The molecule has 1 aromatic rings. The Morgan fingerprint density at radius 1 is 1.03 bits per heavy atom. The van der Waals surface area contributed by atoms with Crippen molar-refractivity contribution in [2.75, 3.05) is 40.1 Å². The second-order valence-electron chi connectivity index (χ2n) is 7.08. The fourth-order valence-electron chi connectivity index (χ4n) is 3.63. The quantitative estimate of drug-likeness (QED) is 0.357. The molecule has 0 unspecified atom stereocenters. The summed E-state index contributed by atoms with van der Waals surface area (Å²) in [6, 6.07) is 7.05. The molecule has 9 heteroatoms. The van der Waals surface area contributed by atoms with E-state index in [0.29, 0.717) is 35.2 Å². The number of esters is 2. The van der Waals surface area contributed by atoms with Gasteiger partial charge in [0.25, 0.3) is 0 Å². The van der Waals surface area contributed by atoms with Crippen molar-refractivity contribution in [3.05, 3.63) is 57.4 Å². The minimum Gasteiger partial charge on any atom is -0.466 e. The fraction of sp³-hybridized carbons (Fsp3) is 0.500. The van der Waals surface area contributed by atoms with Crippen molar-refractivity contribution >= 4 is 23.5 Å². The van der Waals surface area contributed by atoms with Crippen molar-refractivity contribution < 1.29 is 33.3 Å². The third kappa shape index (κ3) is 6.80. The highest BCUT2D eigenvalue weighted by Crippen LogP contribution is 2.41. The minimum atomic E-state index is -0.792. The molecule has 1 heterocycles. The van der Waals surface area contributed by atoms with Crippen molar-refractivity contribution in [1.82, 2.24) is 5.32 Å². The van der Waals surface area contributed by atoms with Crippen LogP contribution in [-0.2, 0) is 33.3 Å². The molecule has 0 saturated carbocycles. The highest BCUT2D eigenvalue weighted by atomic mass is 35.5. The number of benzene rings is 1. The maximum absolute atomic E-state index is 13.1. The van der Waals surface area contributed by atoms with Crippen LogP contribution in [0.1, 0.15) is 39.2 Å². The number of dihydropyridines is 1. The average molecular weight is 482 g/mol. The molecule has 1 atom stereocenters. The molecule has 0 amide bonds. The SMILES string of the molecule is CCOC(=O)C1=C(COCC(OCC)OCC)NC(C)=C(C(=O)OC)[C@H]1c1ccccc1Cl. The summed E-state index contributed by atoms with van der Waals surface area (Å²) < 4.78 is 27.2. The zero-order valence-corrected chi connectivity index (χ0v) is 20.5. The van der Waals surface area contributed by atoms with Crippen molar-refractivity contribution in [1.29, 1.82) is 0 Å². The van der Waals surface area contributed by atoms with Gasteiger partial charge in [-0.05, 0) is 39.3 Å². The predicted molar refractivity (Wildman–Crippen MR) is 124 cm³/mol. The Labute approximate surface area is 199 Å². The first-order valence-electron chi connectivity index (χ1n) is 10.9. The molecule has 8 nitrogen and oxygen atoms in total. The van der Waals surface area contributed by atoms with Gasteiger partial charge < -0.3 is 29.0 Å². The molecular formula is C24H32ClNO7. The summed E-state index contributed by atoms with van der Waals surface area (Å²) in [5, 5.41) is 3.55. The van der Waals surface area contributed by atoms with Crippen LogP contribution in [0.3, 0.4) is 0 Å². The average Bonchev–Trinajstić information content (AvgIpc) is 2.79. The fourth-order valence-corrected chi connectivity index (χ4v) is 3.88. The maximum atomic E-state index is 13.1. The van der Waals surface area contributed by atoms with Crippen molar-refractivity contribution in [2.24, 2.45) is 0 Å². The Hall–Kier alpha value is -2.39. The summed E-state index contributed by atoms with van der Waals surface area (Å²) >= 11 is 6.49. The lowest BCUT2D eigenvalue weighted by Crippen LogP contribution is -2.35. The molecule has 182 valence electrons. The Morgan fingerprint density at radius 2 is 1.70 bits per heavy atom. The van der Waals surface area contributed by atoms with E-state index in [-0.39, 0.29) is 31.0 Å². The van der Waals surface area contributed by atoms with Crippen LogP contribution in [0, 0.1) is 0 Å². The van der Waals surface area contributed by atoms with E-state index in [1.807, 2.05) is 13.8 Å². The number of nitrogens with one attached hydrogen (secondary N) is 1. The Kier molecular flexibility index (Phi) is 10.9. The molecule has 1 aliphatic rings. The van der Waals surface area contributed by atoms with Gasteiger partial charge in [0.1, 0.15) is 0 Å². The van der Waals surface area contributed by atoms with E-state index in [0.717, 1.165) is 0 Å². The van der Waals surface area contributed by atoms with E-state index in [2.05, 4.69) is 5.32 Å². The normalized spacial score (nSPS) is 16.2. The van der Waals surface area contributed by atoms with Gasteiger partial charge in [0, 0.05) is 23.9 Å². The van der Waals surface area contributed by atoms with Crippen LogP contribution in [-0.4, -0.2) is 58.4 Å². The molecular weight excluding hydrogens is 450 g/mol. The standard InChI is InChI=1S/C24H32ClNO7/c1-6-31-19(32-7-2)14-30-13-18-22(24(28)33-8-3)21(16-11-9-10-12-17(16)25)20(15(4)26-18)23(27)29-5/h9-12,19,21,26H,6-8,13-14H2,1-5H3/t21-/m1/s1. The Morgan fingerprint density at radius 3 is 2.27 bits per heavy atom. The summed E-state index contributed by atoms with van der Waals surface area (Å²) in [5.41, 5.74) is 2.10. The molecule has 0 spiro atoms. The van der Waals surface area contributed by atoms with E-state index in [1.165, 1.54) is 7.11 Å². The van der Waals surface area contributed by atoms with Crippen LogP contribution in [0.25, 0.3) is 0 Å². The van der Waals surface area contributed by atoms with Crippen LogP contribution in [0.2, 0.25) is 5.02 Å². The second-order valence-corrected chi connectivity index (χ2v) is 7.49. The third-order valence-corrected chi connectivity index (χ3v) is 5.31. The minimum absolute atomic E-state index is 0.0392. The largest absolute Gasteiger partial charge is 0.466 e. The van der Waals surface area contributed by atoms with E-state index in [9.17, 15) is 9.59 Å². The highest BCUT2D eigenvalue weighted by molar-refractivity contribution is 6.31. The summed E-state index contributed by atoms with van der Waals surface area (Å²) in [5.74, 6) is -1.94. The van der Waals surface area contributed by atoms with Gasteiger partial charge in [0.15, 0.2) is 6.29 Å². The van der Waals surface area contributed by atoms with Gasteiger partial charge in [-0.15, -0.1) is 0 Å². The van der Waals surface area contributed by atoms with Gasteiger partial charge in [-0.3, -0.25) is 0 Å². The number of methoxy groups -OCH3 is 1. The van der Waals surface area contributed by atoms with Crippen LogP contribution in [0.15, 0.2) is 46.8 Å². The number of carbonyl (C=O) groups is 2. The molecule has 0 radical (unpaired) electrons. The van der Waals surface area contributed by atoms with Gasteiger partial charge in [-0.1, -0.05) is 29.8 Å². The summed E-state index contributed by atoms with van der Waals surface area (Å²) in [6.45, 7) is 8.50. The molecule has 1 aliphatic heterocycles. The van der Waals surface area contributed by atoms with E-state index in [4.69, 9.17) is 35.3 Å². The lowest BCUT2D eigenvalue weighted by molar-refractivity contribution is -0.165. The molecule has 0 aromatic heterocycles. The van der Waals surface area contributed by atoms with Gasteiger partial charge >= 0.3 is 11.9 Å². The first-order valence-corrected chi connectivity index (χ1v) is 11.3. The molecule has 33 heavy (non-hydrogen) atoms. The van der Waals surface area contributed by atoms with Gasteiger partial charge in [0.05, 0.1) is 49.7 Å². The smallest absolute Gasteiger partial charge is 0.336 e. The van der Waals surface area contributed by atoms with Gasteiger partial charge in [-0.25, -0.2) is 9.59 Å². The number of carbonyl (C=O) groups excluding carboxylic acids is 2. The zero-order valence-electron chi connectivity index (χ0n) is 19.7.